The summed E-state index contributed by atoms with van der Waals surface area (Å²) in [5, 5.41) is 3.52. The Morgan fingerprint density at radius 2 is 2.00 bits per heavy atom. The minimum atomic E-state index is 0.743. The number of benzene rings is 1. The van der Waals surface area contributed by atoms with Crippen molar-refractivity contribution >= 4 is 11.5 Å². The highest BCUT2D eigenvalue weighted by molar-refractivity contribution is 5.76. The molecule has 114 valence electrons. The first kappa shape index (κ1) is 13.6. The van der Waals surface area contributed by atoms with Crippen molar-refractivity contribution < 1.29 is 4.42 Å². The van der Waals surface area contributed by atoms with Crippen LogP contribution in [0.25, 0.3) is 16.9 Å². The largest absolute Gasteiger partial charge is 0.472 e. The zero-order valence-electron chi connectivity index (χ0n) is 12.9. The standard InChI is InChI=1S/C19H17N3O/c1-14-7-9-22-17(11-14)21-18(16-8-10-23-13-16)19(22)20-12-15-5-3-2-4-6-15/h2-11,13,20H,12H2,1H3. The molecular weight excluding hydrogens is 286 g/mol. The summed E-state index contributed by atoms with van der Waals surface area (Å²) in [5.74, 6) is 0.977. The Hall–Kier alpha value is -3.01. The van der Waals surface area contributed by atoms with E-state index >= 15 is 0 Å². The molecule has 1 N–H and O–H groups in total. The number of furan rings is 1. The van der Waals surface area contributed by atoms with Crippen LogP contribution >= 0.6 is 0 Å². The van der Waals surface area contributed by atoms with Gasteiger partial charge in [0, 0.05) is 18.3 Å². The van der Waals surface area contributed by atoms with E-state index in [2.05, 4.69) is 47.1 Å². The average molecular weight is 303 g/mol. The lowest BCUT2D eigenvalue weighted by atomic mass is 10.2. The number of anilines is 1. The Morgan fingerprint density at radius 3 is 2.78 bits per heavy atom. The van der Waals surface area contributed by atoms with Crippen LogP contribution in [-0.2, 0) is 6.54 Å². The monoisotopic (exact) mass is 303 g/mol. The van der Waals surface area contributed by atoms with Gasteiger partial charge in [0.05, 0.1) is 12.5 Å². The predicted molar refractivity (Wildman–Crippen MR) is 91.4 cm³/mol. The molecule has 0 unspecified atom stereocenters. The summed E-state index contributed by atoms with van der Waals surface area (Å²) in [5.41, 5.74) is 5.22. The number of aromatic nitrogens is 2. The minimum Gasteiger partial charge on any atom is -0.472 e. The van der Waals surface area contributed by atoms with Crippen LogP contribution in [0.4, 0.5) is 5.82 Å². The highest BCUT2D eigenvalue weighted by atomic mass is 16.3. The van der Waals surface area contributed by atoms with Gasteiger partial charge in [-0.1, -0.05) is 30.3 Å². The second-order valence-electron chi connectivity index (χ2n) is 5.59. The molecule has 0 aliphatic rings. The van der Waals surface area contributed by atoms with Crippen molar-refractivity contribution in [2.75, 3.05) is 5.32 Å². The first-order chi connectivity index (χ1) is 11.3. The Labute approximate surface area is 134 Å². The normalized spacial score (nSPS) is 11.0. The van der Waals surface area contributed by atoms with E-state index in [1.165, 1.54) is 11.1 Å². The summed E-state index contributed by atoms with van der Waals surface area (Å²) < 4.78 is 7.31. The Morgan fingerprint density at radius 1 is 1.13 bits per heavy atom. The second kappa shape index (κ2) is 5.65. The van der Waals surface area contributed by atoms with Crippen LogP contribution in [0.5, 0.6) is 0 Å². The molecule has 4 heteroatoms. The molecule has 0 atom stereocenters. The van der Waals surface area contributed by atoms with Gasteiger partial charge in [0.1, 0.15) is 17.2 Å². The van der Waals surface area contributed by atoms with E-state index in [0.29, 0.717) is 0 Å². The molecule has 0 aliphatic carbocycles. The van der Waals surface area contributed by atoms with Gasteiger partial charge in [-0.05, 0) is 36.2 Å². The number of nitrogens with zero attached hydrogens (tertiary/aromatic N) is 2. The molecule has 0 spiro atoms. The van der Waals surface area contributed by atoms with Crippen molar-refractivity contribution in [1.82, 2.24) is 9.38 Å². The molecule has 0 saturated heterocycles. The smallest absolute Gasteiger partial charge is 0.139 e. The van der Waals surface area contributed by atoms with Crippen molar-refractivity contribution in [3.8, 4) is 11.3 Å². The van der Waals surface area contributed by atoms with Crippen LogP contribution in [0.2, 0.25) is 0 Å². The summed E-state index contributed by atoms with van der Waals surface area (Å²) in [4.78, 5) is 4.77. The first-order valence-corrected chi connectivity index (χ1v) is 7.60. The first-order valence-electron chi connectivity index (χ1n) is 7.60. The molecule has 4 nitrogen and oxygen atoms in total. The van der Waals surface area contributed by atoms with Crippen molar-refractivity contribution in [1.29, 1.82) is 0 Å². The van der Waals surface area contributed by atoms with Gasteiger partial charge in [0.2, 0.25) is 0 Å². The van der Waals surface area contributed by atoms with Crippen molar-refractivity contribution in [3.05, 3.63) is 78.4 Å². The van der Waals surface area contributed by atoms with Gasteiger partial charge >= 0.3 is 0 Å². The highest BCUT2D eigenvalue weighted by Gasteiger charge is 2.14. The number of fused-ring (bicyclic) bond motifs is 1. The number of hydrogen-bond donors (Lipinski definition) is 1. The number of hydrogen-bond acceptors (Lipinski definition) is 3. The van der Waals surface area contributed by atoms with Crippen LogP contribution in [0.3, 0.4) is 0 Å². The topological polar surface area (TPSA) is 42.5 Å². The van der Waals surface area contributed by atoms with Crippen molar-refractivity contribution in [2.45, 2.75) is 13.5 Å². The Kier molecular flexibility index (Phi) is 3.35. The molecule has 23 heavy (non-hydrogen) atoms. The van der Waals surface area contributed by atoms with E-state index in [9.17, 15) is 0 Å². The Balaban J connectivity index is 1.78. The average Bonchev–Trinajstić information content (AvgIpc) is 3.21. The lowest BCUT2D eigenvalue weighted by Crippen LogP contribution is -2.03. The fraction of sp³-hybridized carbons (Fsp3) is 0.105. The van der Waals surface area contributed by atoms with Crippen LogP contribution in [0, 0.1) is 6.92 Å². The fourth-order valence-corrected chi connectivity index (χ4v) is 2.70. The molecule has 3 aromatic heterocycles. The summed E-state index contributed by atoms with van der Waals surface area (Å²) in [6.07, 6.45) is 5.45. The third-order valence-corrected chi connectivity index (χ3v) is 3.88. The zero-order chi connectivity index (χ0) is 15.6. The second-order valence-corrected chi connectivity index (χ2v) is 5.59. The molecule has 3 heterocycles. The number of aryl methyl sites for hydroxylation is 1. The van der Waals surface area contributed by atoms with Gasteiger partial charge in [-0.25, -0.2) is 4.98 Å². The van der Waals surface area contributed by atoms with Crippen molar-refractivity contribution in [2.24, 2.45) is 0 Å². The third-order valence-electron chi connectivity index (χ3n) is 3.88. The van der Waals surface area contributed by atoms with Crippen LogP contribution in [0.15, 0.2) is 71.7 Å². The number of pyridine rings is 1. The zero-order valence-corrected chi connectivity index (χ0v) is 12.9. The van der Waals surface area contributed by atoms with Crippen molar-refractivity contribution in [3.63, 3.8) is 0 Å². The van der Waals surface area contributed by atoms with Gasteiger partial charge < -0.3 is 9.73 Å². The Bertz CT molecular complexity index is 924. The lowest BCUT2D eigenvalue weighted by Gasteiger charge is -2.08. The quantitative estimate of drug-likeness (QED) is 0.603. The molecule has 0 amide bonds. The van der Waals surface area contributed by atoms with Gasteiger partial charge in [0.25, 0.3) is 0 Å². The van der Waals surface area contributed by atoms with Gasteiger partial charge in [-0.15, -0.1) is 0 Å². The number of rotatable bonds is 4. The molecule has 0 bridgehead atoms. The van der Waals surface area contributed by atoms with E-state index in [-0.39, 0.29) is 0 Å². The number of nitrogens with one attached hydrogen (secondary N) is 1. The maximum atomic E-state index is 5.23. The molecule has 4 aromatic rings. The van der Waals surface area contributed by atoms with E-state index in [1.807, 2.05) is 24.3 Å². The molecule has 1 aromatic carbocycles. The molecule has 0 fully saturated rings. The van der Waals surface area contributed by atoms with Crippen LogP contribution in [0.1, 0.15) is 11.1 Å². The third kappa shape index (κ3) is 2.59. The van der Waals surface area contributed by atoms with E-state index < -0.39 is 0 Å². The molecule has 0 saturated carbocycles. The lowest BCUT2D eigenvalue weighted by molar-refractivity contribution is 0.568. The molecular formula is C19H17N3O. The van der Waals surface area contributed by atoms with Crippen LogP contribution in [-0.4, -0.2) is 9.38 Å². The van der Waals surface area contributed by atoms with Gasteiger partial charge in [-0.3, -0.25) is 4.40 Å². The maximum Gasteiger partial charge on any atom is 0.139 e. The minimum absolute atomic E-state index is 0.743. The van der Waals surface area contributed by atoms with E-state index in [0.717, 1.165) is 29.3 Å². The van der Waals surface area contributed by atoms with Gasteiger partial charge in [0.15, 0.2) is 0 Å². The molecule has 0 radical (unpaired) electrons. The number of imidazole rings is 1. The summed E-state index contributed by atoms with van der Waals surface area (Å²) in [6, 6.07) is 16.4. The summed E-state index contributed by atoms with van der Waals surface area (Å²) in [7, 11) is 0. The van der Waals surface area contributed by atoms with E-state index in [4.69, 9.17) is 9.40 Å². The maximum absolute atomic E-state index is 5.23. The van der Waals surface area contributed by atoms with E-state index in [1.54, 1.807) is 12.5 Å². The molecule has 0 aliphatic heterocycles. The summed E-state index contributed by atoms with van der Waals surface area (Å²) in [6.45, 7) is 2.82. The van der Waals surface area contributed by atoms with Crippen LogP contribution < -0.4 is 5.32 Å². The SMILES string of the molecule is Cc1ccn2c(NCc3ccccc3)c(-c3ccoc3)nc2c1. The predicted octanol–water partition coefficient (Wildman–Crippen LogP) is 4.51. The summed E-state index contributed by atoms with van der Waals surface area (Å²) >= 11 is 0. The molecule has 4 rings (SSSR count). The highest BCUT2D eigenvalue weighted by Crippen LogP contribution is 2.29. The van der Waals surface area contributed by atoms with Gasteiger partial charge in [-0.2, -0.15) is 0 Å². The fourth-order valence-electron chi connectivity index (χ4n) is 2.70.